The number of Topliss-reactive ketones (excluding diaryl/α,β-unsaturated/α-hetero) is 3. The molecule has 33 heavy (non-hydrogen) atoms. The molecule has 1 saturated carbocycles. The van der Waals surface area contributed by atoms with Crippen molar-refractivity contribution < 1.29 is 50.3 Å². The number of hydrogen-bond donors (Lipinski definition) is 0. The Morgan fingerprint density at radius 1 is 1.15 bits per heavy atom. The lowest BCUT2D eigenvalue weighted by molar-refractivity contribution is -0.171. The molecule has 182 valence electrons. The van der Waals surface area contributed by atoms with Crippen LogP contribution in [0.2, 0.25) is 0 Å². The van der Waals surface area contributed by atoms with Gasteiger partial charge in [-0.25, -0.2) is 13.5 Å². The average Bonchev–Trinajstić information content (AvgIpc) is 2.75. The highest BCUT2D eigenvalue weighted by atomic mass is 32.2. The zero-order valence-electron chi connectivity index (χ0n) is 18.0. The molecule has 1 amide bonds. The van der Waals surface area contributed by atoms with E-state index >= 15 is 0 Å². The molecule has 0 aromatic heterocycles. The van der Waals surface area contributed by atoms with E-state index in [1.807, 2.05) is 0 Å². The second-order valence-corrected chi connectivity index (χ2v) is 9.41. The number of carbonyl (C=O) groups is 4. The number of hydroxylamine groups is 2. The van der Waals surface area contributed by atoms with Gasteiger partial charge in [0.2, 0.25) is 0 Å². The van der Waals surface area contributed by atoms with Gasteiger partial charge in [-0.3, -0.25) is 24.0 Å². The molecule has 13 heteroatoms. The minimum Gasteiger partial charge on any atom is -0.482 e. The predicted octanol–water partition coefficient (Wildman–Crippen LogP) is 2.02. The van der Waals surface area contributed by atoms with E-state index in [1.54, 1.807) is 0 Å². The summed E-state index contributed by atoms with van der Waals surface area (Å²) in [5.74, 6) is -7.74. The maximum Gasteiger partial charge on any atom is 0.420 e. The first kappa shape index (κ1) is 26.5. The van der Waals surface area contributed by atoms with Gasteiger partial charge in [-0.05, 0) is 18.6 Å². The summed E-state index contributed by atoms with van der Waals surface area (Å²) in [6, 6.07) is 1.34. The number of carbonyl (C=O) groups excluding carboxylic acids is 4. The van der Waals surface area contributed by atoms with Crippen LogP contribution in [-0.2, 0) is 35.2 Å². The van der Waals surface area contributed by atoms with Crippen LogP contribution in [0.4, 0.5) is 13.2 Å². The lowest BCUT2D eigenvalue weighted by Crippen LogP contribution is -2.36. The van der Waals surface area contributed by atoms with E-state index in [0.29, 0.717) is 11.1 Å². The highest BCUT2D eigenvalue weighted by Crippen LogP contribution is 2.43. The lowest BCUT2D eigenvalue weighted by Gasteiger charge is -2.23. The van der Waals surface area contributed by atoms with Crippen molar-refractivity contribution in [3.8, 4) is 5.75 Å². The Kier molecular flexibility index (Phi) is 8.01. The molecule has 0 saturated heterocycles. The Morgan fingerprint density at radius 2 is 1.73 bits per heavy atom. The Labute approximate surface area is 187 Å². The monoisotopic (exact) mass is 493 g/mol. The van der Waals surface area contributed by atoms with E-state index in [1.165, 1.54) is 6.92 Å². The van der Waals surface area contributed by atoms with Gasteiger partial charge in [0.15, 0.2) is 39.5 Å². The van der Waals surface area contributed by atoms with Crippen LogP contribution in [0.25, 0.3) is 0 Å². The largest absolute Gasteiger partial charge is 0.482 e. The molecule has 0 spiro atoms. The van der Waals surface area contributed by atoms with Crippen molar-refractivity contribution in [3.63, 3.8) is 0 Å². The van der Waals surface area contributed by atoms with Crippen LogP contribution in [0.5, 0.6) is 5.75 Å². The van der Waals surface area contributed by atoms with Gasteiger partial charge < -0.3 is 4.74 Å². The van der Waals surface area contributed by atoms with E-state index in [-0.39, 0.29) is 19.3 Å². The number of ether oxygens (including phenoxy) is 1. The van der Waals surface area contributed by atoms with E-state index in [9.17, 15) is 40.8 Å². The molecule has 1 aliphatic rings. The number of hydrogen-bond acceptors (Lipinski definition) is 8. The molecule has 0 heterocycles. The minimum atomic E-state index is -5.32. The number of ketones is 3. The Hall–Kier alpha value is -2.80. The van der Waals surface area contributed by atoms with Crippen LogP contribution in [-0.4, -0.2) is 63.3 Å². The summed E-state index contributed by atoms with van der Waals surface area (Å²) in [5.41, 5.74) is -2.87. The van der Waals surface area contributed by atoms with Gasteiger partial charge in [0, 0.05) is 25.5 Å². The maximum atomic E-state index is 14.1. The summed E-state index contributed by atoms with van der Waals surface area (Å²) in [4.78, 5) is 52.9. The fraction of sp³-hybridized carbons (Fsp3) is 0.500. The smallest absolute Gasteiger partial charge is 0.420 e. The van der Waals surface area contributed by atoms with Crippen LogP contribution in [0.15, 0.2) is 17.0 Å². The lowest BCUT2D eigenvalue weighted by atomic mass is 9.80. The van der Waals surface area contributed by atoms with Crippen molar-refractivity contribution in [1.29, 1.82) is 0 Å². The summed E-state index contributed by atoms with van der Waals surface area (Å²) >= 11 is 0. The van der Waals surface area contributed by atoms with Crippen LogP contribution in [0.3, 0.4) is 0 Å². The quantitative estimate of drug-likeness (QED) is 0.306. The van der Waals surface area contributed by atoms with Crippen molar-refractivity contribution >= 4 is 33.1 Å². The summed E-state index contributed by atoms with van der Waals surface area (Å²) in [6.07, 6.45) is -5.43. The summed E-state index contributed by atoms with van der Waals surface area (Å²) < 4.78 is 72.3. The van der Waals surface area contributed by atoms with Crippen LogP contribution >= 0.6 is 0 Å². The molecule has 1 aromatic rings. The minimum absolute atomic E-state index is 0.146. The number of sulfone groups is 1. The topological polar surface area (TPSA) is 124 Å². The Balaban J connectivity index is 2.74. The number of nitrogens with zero attached hydrogens (tertiary/aromatic N) is 1. The Morgan fingerprint density at radius 3 is 2.21 bits per heavy atom. The molecule has 0 N–H and O–H groups in total. The third-order valence-corrected chi connectivity index (χ3v) is 6.85. The standard InChI is InChI=1S/C20H22F3NO8S/c1-4-33(29,30)14-9-8-11(18(28)16-12(25)6-5-7-13(16)26)17(20(21,22)23)19(14)32-10-15(27)24(2)31-3/h8-9,16H,4-7,10H2,1-3H3. The summed E-state index contributed by atoms with van der Waals surface area (Å²) in [5, 5.41) is 0.648. The number of rotatable bonds is 8. The van der Waals surface area contributed by atoms with Gasteiger partial charge in [-0.2, -0.15) is 13.2 Å². The molecule has 0 aliphatic heterocycles. The van der Waals surface area contributed by atoms with Gasteiger partial charge in [0.25, 0.3) is 5.91 Å². The van der Waals surface area contributed by atoms with Gasteiger partial charge in [-0.15, -0.1) is 0 Å². The van der Waals surface area contributed by atoms with Gasteiger partial charge in [0.05, 0.1) is 12.9 Å². The number of alkyl halides is 3. The van der Waals surface area contributed by atoms with Gasteiger partial charge >= 0.3 is 6.18 Å². The molecule has 1 aliphatic carbocycles. The zero-order valence-corrected chi connectivity index (χ0v) is 18.8. The number of amides is 1. The first-order chi connectivity index (χ1) is 15.3. The van der Waals surface area contributed by atoms with Crippen molar-refractivity contribution in [2.24, 2.45) is 5.92 Å². The molecule has 2 rings (SSSR count). The molecule has 0 bridgehead atoms. The molecule has 0 radical (unpaired) electrons. The van der Waals surface area contributed by atoms with Crippen molar-refractivity contribution in [2.75, 3.05) is 26.5 Å². The average molecular weight is 493 g/mol. The van der Waals surface area contributed by atoms with Crippen LogP contribution in [0, 0.1) is 5.92 Å². The molecule has 1 fully saturated rings. The van der Waals surface area contributed by atoms with E-state index in [0.717, 1.165) is 20.2 Å². The SMILES string of the molecule is CCS(=O)(=O)c1ccc(C(=O)C2C(=O)CCCC2=O)c(C(F)(F)F)c1OCC(=O)N(C)OC. The maximum absolute atomic E-state index is 14.1. The number of benzene rings is 1. The number of likely N-dealkylation sites (N-methyl/N-ethyl adjacent to an activating group) is 1. The van der Waals surface area contributed by atoms with Crippen LogP contribution in [0.1, 0.15) is 42.1 Å². The zero-order chi connectivity index (χ0) is 25.1. The van der Waals surface area contributed by atoms with Crippen molar-refractivity contribution in [1.82, 2.24) is 5.06 Å². The molecule has 0 atom stereocenters. The molecule has 0 unspecified atom stereocenters. The highest BCUT2D eigenvalue weighted by Gasteiger charge is 2.45. The van der Waals surface area contributed by atoms with E-state index in [4.69, 9.17) is 4.74 Å². The molecular formula is C20H22F3NO8S. The fourth-order valence-electron chi connectivity index (χ4n) is 3.27. The molecular weight excluding hydrogens is 471 g/mol. The Bertz CT molecular complexity index is 1070. The fourth-order valence-corrected chi connectivity index (χ4v) is 4.30. The second-order valence-electron chi connectivity index (χ2n) is 7.16. The summed E-state index contributed by atoms with van der Waals surface area (Å²) in [7, 11) is -2.03. The predicted molar refractivity (Wildman–Crippen MR) is 106 cm³/mol. The third-order valence-electron chi connectivity index (χ3n) is 5.10. The van der Waals surface area contributed by atoms with Gasteiger partial charge in [-0.1, -0.05) is 6.92 Å². The third kappa shape index (κ3) is 5.58. The first-order valence-electron chi connectivity index (χ1n) is 9.76. The van der Waals surface area contributed by atoms with E-state index in [2.05, 4.69) is 4.84 Å². The number of halogens is 3. The normalized spacial score (nSPS) is 15.5. The second kappa shape index (κ2) is 10.00. The highest BCUT2D eigenvalue weighted by molar-refractivity contribution is 7.91. The van der Waals surface area contributed by atoms with Gasteiger partial charge in [0.1, 0.15) is 16.4 Å². The van der Waals surface area contributed by atoms with E-state index < -0.39 is 79.3 Å². The van der Waals surface area contributed by atoms with Crippen molar-refractivity contribution in [3.05, 3.63) is 23.3 Å². The first-order valence-corrected chi connectivity index (χ1v) is 11.4. The van der Waals surface area contributed by atoms with Crippen LogP contribution < -0.4 is 4.74 Å². The summed E-state index contributed by atoms with van der Waals surface area (Å²) in [6.45, 7) is 0.146. The molecule has 1 aromatic carbocycles. The molecule has 9 nitrogen and oxygen atoms in total. The van der Waals surface area contributed by atoms with Crippen molar-refractivity contribution in [2.45, 2.75) is 37.3 Å².